The third-order valence-corrected chi connectivity index (χ3v) is 4.21. The molecule has 1 aliphatic carbocycles. The average molecular weight is 238 g/mol. The second kappa shape index (κ2) is 4.40. The Bertz CT molecular complexity index is 290. The minimum Gasteiger partial charge on any atom is -0.298 e. The smallest absolute Gasteiger partial charge is 0.144 e. The summed E-state index contributed by atoms with van der Waals surface area (Å²) in [5, 5.41) is 0. The largest absolute Gasteiger partial charge is 0.298 e. The molecule has 17 heavy (non-hydrogen) atoms. The van der Waals surface area contributed by atoms with E-state index in [0.717, 1.165) is 6.42 Å². The number of hydrogen-bond acceptors (Lipinski definition) is 1. The summed E-state index contributed by atoms with van der Waals surface area (Å²) in [6, 6.07) is 0. The van der Waals surface area contributed by atoms with Crippen LogP contribution in [0.4, 0.5) is 0 Å². The van der Waals surface area contributed by atoms with Crippen molar-refractivity contribution in [2.45, 2.75) is 74.1 Å². The Morgan fingerprint density at radius 1 is 1.18 bits per heavy atom. The molecule has 0 N–H and O–H groups in total. The van der Waals surface area contributed by atoms with Gasteiger partial charge in [0.25, 0.3) is 0 Å². The van der Waals surface area contributed by atoms with Gasteiger partial charge in [-0.05, 0) is 30.6 Å². The Morgan fingerprint density at radius 2 is 1.71 bits per heavy atom. The second-order valence-corrected chi connectivity index (χ2v) is 8.35. The number of ketones is 1. The normalized spacial score (nSPS) is 30.6. The lowest BCUT2D eigenvalue weighted by Gasteiger charge is -2.38. The first-order valence-corrected chi connectivity index (χ1v) is 7.02. The van der Waals surface area contributed by atoms with Gasteiger partial charge >= 0.3 is 0 Å². The van der Waals surface area contributed by atoms with Gasteiger partial charge in [0.05, 0.1) is 0 Å². The lowest BCUT2D eigenvalue weighted by molar-refractivity contribution is -0.138. The molecule has 0 radical (unpaired) electrons. The van der Waals surface area contributed by atoms with Crippen LogP contribution >= 0.6 is 0 Å². The maximum absolute atomic E-state index is 12.7. The lowest BCUT2D eigenvalue weighted by Crippen LogP contribution is -2.40. The summed E-state index contributed by atoms with van der Waals surface area (Å²) < 4.78 is 0. The summed E-state index contributed by atoms with van der Waals surface area (Å²) in [5.74, 6) is 1.05. The fourth-order valence-corrected chi connectivity index (χ4v) is 3.46. The Hall–Kier alpha value is -0.330. The van der Waals surface area contributed by atoms with Crippen LogP contribution in [0.3, 0.4) is 0 Å². The van der Waals surface area contributed by atoms with Crippen molar-refractivity contribution in [2.75, 3.05) is 0 Å². The van der Waals surface area contributed by atoms with E-state index in [4.69, 9.17) is 0 Å². The van der Waals surface area contributed by atoms with Gasteiger partial charge in [-0.2, -0.15) is 0 Å². The van der Waals surface area contributed by atoms with Gasteiger partial charge in [0.1, 0.15) is 5.78 Å². The van der Waals surface area contributed by atoms with Gasteiger partial charge in [0, 0.05) is 10.8 Å². The summed E-state index contributed by atoms with van der Waals surface area (Å²) in [6.45, 7) is 15.3. The third kappa shape index (κ3) is 3.33. The van der Waals surface area contributed by atoms with E-state index < -0.39 is 0 Å². The molecule has 0 aromatic rings. The molecule has 100 valence electrons. The van der Waals surface area contributed by atoms with Crippen molar-refractivity contribution >= 4 is 5.78 Å². The minimum absolute atomic E-state index is 0.0778. The Labute approximate surface area is 107 Å². The zero-order valence-corrected chi connectivity index (χ0v) is 12.8. The van der Waals surface area contributed by atoms with E-state index >= 15 is 0 Å². The van der Waals surface area contributed by atoms with Crippen LogP contribution in [0.5, 0.6) is 0 Å². The molecule has 1 saturated carbocycles. The van der Waals surface area contributed by atoms with Crippen molar-refractivity contribution in [3.8, 4) is 0 Å². The molecule has 0 saturated heterocycles. The molecule has 0 amide bonds. The van der Waals surface area contributed by atoms with E-state index in [1.54, 1.807) is 0 Å². The molecule has 0 aromatic carbocycles. The maximum atomic E-state index is 12.7. The van der Waals surface area contributed by atoms with E-state index in [0.29, 0.717) is 17.1 Å². The summed E-state index contributed by atoms with van der Waals surface area (Å²) in [5.41, 5.74) is 0.0508. The van der Waals surface area contributed by atoms with Crippen LogP contribution in [0.1, 0.15) is 74.1 Å². The molecule has 0 heterocycles. The number of hydrogen-bond donors (Lipinski definition) is 0. The third-order valence-electron chi connectivity index (χ3n) is 4.21. The van der Waals surface area contributed by atoms with Crippen molar-refractivity contribution in [3.05, 3.63) is 0 Å². The van der Waals surface area contributed by atoms with E-state index in [2.05, 4.69) is 48.5 Å². The number of carbonyl (C=O) groups excluding carboxylic acids is 1. The van der Waals surface area contributed by atoms with Gasteiger partial charge < -0.3 is 0 Å². The fourth-order valence-electron chi connectivity index (χ4n) is 3.46. The van der Waals surface area contributed by atoms with Crippen LogP contribution in [-0.4, -0.2) is 5.78 Å². The van der Waals surface area contributed by atoms with Crippen molar-refractivity contribution in [1.29, 1.82) is 0 Å². The Kier molecular flexibility index (Phi) is 3.82. The lowest BCUT2D eigenvalue weighted by atomic mass is 9.64. The molecule has 1 nitrogen and oxygen atoms in total. The highest BCUT2D eigenvalue weighted by atomic mass is 16.1. The predicted octanol–water partition coefficient (Wildman–Crippen LogP) is 4.84. The van der Waals surface area contributed by atoms with Crippen LogP contribution in [0, 0.1) is 22.2 Å². The van der Waals surface area contributed by atoms with Gasteiger partial charge in [-0.25, -0.2) is 0 Å². The van der Waals surface area contributed by atoms with Crippen LogP contribution in [0.15, 0.2) is 0 Å². The predicted molar refractivity (Wildman–Crippen MR) is 74.0 cm³/mol. The first-order valence-electron chi connectivity index (χ1n) is 7.02. The van der Waals surface area contributed by atoms with Crippen LogP contribution in [0.2, 0.25) is 0 Å². The van der Waals surface area contributed by atoms with Crippen molar-refractivity contribution < 1.29 is 4.79 Å². The van der Waals surface area contributed by atoms with E-state index in [-0.39, 0.29) is 10.8 Å². The molecule has 0 aliphatic heterocycles. The molecular weight excluding hydrogens is 208 g/mol. The number of Topliss-reactive ketones (excluding diaryl/α,β-unsaturated/α-hetero) is 1. The highest BCUT2D eigenvalue weighted by Crippen LogP contribution is 2.51. The van der Waals surface area contributed by atoms with Crippen LogP contribution in [-0.2, 0) is 4.79 Å². The average Bonchev–Trinajstić information content (AvgIpc) is 2.43. The summed E-state index contributed by atoms with van der Waals surface area (Å²) in [7, 11) is 0. The highest BCUT2D eigenvalue weighted by Gasteiger charge is 2.48. The number of carbonyl (C=O) groups is 1. The topological polar surface area (TPSA) is 17.1 Å². The maximum Gasteiger partial charge on any atom is 0.144 e. The zero-order valence-electron chi connectivity index (χ0n) is 12.8. The molecule has 1 heteroatoms. The van der Waals surface area contributed by atoms with Gasteiger partial charge in [0.15, 0.2) is 0 Å². The van der Waals surface area contributed by atoms with Crippen LogP contribution in [0.25, 0.3) is 0 Å². The van der Waals surface area contributed by atoms with Gasteiger partial charge in [0.2, 0.25) is 0 Å². The molecular formula is C16H30O. The first kappa shape index (κ1) is 14.7. The quantitative estimate of drug-likeness (QED) is 0.672. The molecule has 2 unspecified atom stereocenters. The molecule has 0 bridgehead atoms. The fraction of sp³-hybridized carbons (Fsp3) is 0.938. The first-order chi connectivity index (χ1) is 7.47. The van der Waals surface area contributed by atoms with Crippen molar-refractivity contribution in [3.63, 3.8) is 0 Å². The molecule has 1 rings (SSSR count). The zero-order chi connectivity index (χ0) is 13.5. The highest BCUT2D eigenvalue weighted by molar-refractivity contribution is 5.89. The van der Waals surface area contributed by atoms with Gasteiger partial charge in [-0.15, -0.1) is 0 Å². The monoisotopic (exact) mass is 238 g/mol. The van der Waals surface area contributed by atoms with E-state index in [1.807, 2.05) is 0 Å². The SMILES string of the molecule is CC(C)(C)CC1CCCC1(C)C(=O)C(C)(C)C. The van der Waals surface area contributed by atoms with Gasteiger partial charge in [-0.1, -0.05) is 54.9 Å². The number of rotatable bonds is 2. The standard InChI is InChI=1S/C16H30O/c1-14(2,3)11-12-9-8-10-16(12,7)13(17)15(4,5)6/h12H,8-11H2,1-7H3. The summed E-state index contributed by atoms with van der Waals surface area (Å²) >= 11 is 0. The van der Waals surface area contributed by atoms with E-state index in [9.17, 15) is 4.79 Å². The van der Waals surface area contributed by atoms with Crippen molar-refractivity contribution in [2.24, 2.45) is 22.2 Å². The van der Waals surface area contributed by atoms with E-state index in [1.165, 1.54) is 19.3 Å². The molecule has 2 atom stereocenters. The molecule has 0 aromatic heterocycles. The van der Waals surface area contributed by atoms with Crippen molar-refractivity contribution in [1.82, 2.24) is 0 Å². The Balaban J connectivity index is 2.90. The van der Waals surface area contributed by atoms with Crippen LogP contribution < -0.4 is 0 Å². The Morgan fingerprint density at radius 3 is 2.12 bits per heavy atom. The van der Waals surface area contributed by atoms with Gasteiger partial charge in [-0.3, -0.25) is 4.79 Å². The summed E-state index contributed by atoms with van der Waals surface area (Å²) in [6.07, 6.45) is 4.71. The minimum atomic E-state index is -0.199. The molecule has 0 spiro atoms. The summed E-state index contributed by atoms with van der Waals surface area (Å²) in [4.78, 5) is 12.7. The molecule has 1 fully saturated rings. The molecule has 1 aliphatic rings. The second-order valence-electron chi connectivity index (χ2n) is 8.35.